The molecule has 1 aromatic rings. The molecule has 0 radical (unpaired) electrons. The minimum atomic E-state index is -0.304. The maximum absolute atomic E-state index is 12.3. The number of aromatic nitrogens is 1. The molecule has 1 aliphatic rings. The van der Waals surface area contributed by atoms with Crippen LogP contribution in [-0.4, -0.2) is 24.0 Å². The van der Waals surface area contributed by atoms with Crippen LogP contribution < -0.4 is 10.6 Å². The van der Waals surface area contributed by atoms with Gasteiger partial charge in [-0.1, -0.05) is 13.8 Å². The highest BCUT2D eigenvalue weighted by molar-refractivity contribution is 7.13. The molecule has 2 rings (SSSR count). The summed E-state index contributed by atoms with van der Waals surface area (Å²) in [6, 6.07) is 0. The maximum atomic E-state index is 12.3. The van der Waals surface area contributed by atoms with Gasteiger partial charge in [0.15, 0.2) is 5.13 Å². The van der Waals surface area contributed by atoms with Crippen molar-refractivity contribution in [2.24, 2.45) is 5.41 Å². The molecule has 0 aromatic carbocycles. The molecule has 19 heavy (non-hydrogen) atoms. The number of hydrogen-bond acceptors (Lipinski definition) is 4. The van der Waals surface area contributed by atoms with Crippen molar-refractivity contribution in [2.75, 3.05) is 18.4 Å². The van der Waals surface area contributed by atoms with Gasteiger partial charge in [0.05, 0.1) is 11.1 Å². The van der Waals surface area contributed by atoms with Crippen LogP contribution in [0.2, 0.25) is 0 Å². The number of amides is 1. The summed E-state index contributed by atoms with van der Waals surface area (Å²) in [4.78, 5) is 16.7. The van der Waals surface area contributed by atoms with Crippen LogP contribution in [-0.2, 0) is 4.79 Å². The molecular weight excluding hydrogens is 282 g/mol. The Labute approximate surface area is 124 Å². The van der Waals surface area contributed by atoms with Gasteiger partial charge < -0.3 is 10.6 Å². The molecule has 1 saturated heterocycles. The summed E-state index contributed by atoms with van der Waals surface area (Å²) >= 11 is 1.51. The van der Waals surface area contributed by atoms with Crippen molar-refractivity contribution < 1.29 is 4.79 Å². The van der Waals surface area contributed by atoms with E-state index in [9.17, 15) is 4.79 Å². The van der Waals surface area contributed by atoms with Crippen LogP contribution in [0.15, 0.2) is 5.38 Å². The first kappa shape index (κ1) is 16.4. The van der Waals surface area contributed by atoms with E-state index >= 15 is 0 Å². The zero-order valence-electron chi connectivity index (χ0n) is 11.7. The van der Waals surface area contributed by atoms with Crippen LogP contribution >= 0.6 is 23.7 Å². The quantitative estimate of drug-likeness (QED) is 0.902. The summed E-state index contributed by atoms with van der Waals surface area (Å²) < 4.78 is 0. The molecule has 0 bridgehead atoms. The molecule has 0 spiro atoms. The van der Waals surface area contributed by atoms with Crippen LogP contribution in [0.1, 0.15) is 45.2 Å². The van der Waals surface area contributed by atoms with E-state index in [-0.39, 0.29) is 23.7 Å². The molecule has 1 fully saturated rings. The molecule has 2 N–H and O–H groups in total. The zero-order chi connectivity index (χ0) is 13.2. The van der Waals surface area contributed by atoms with Gasteiger partial charge in [-0.15, -0.1) is 23.7 Å². The molecule has 1 aromatic heterocycles. The number of nitrogens with zero attached hydrogens (tertiary/aromatic N) is 1. The minimum absolute atomic E-state index is 0. The van der Waals surface area contributed by atoms with Crippen molar-refractivity contribution in [2.45, 2.75) is 39.5 Å². The third-order valence-electron chi connectivity index (χ3n) is 3.48. The average molecular weight is 304 g/mol. The normalized spacial score (nSPS) is 22.9. The smallest absolute Gasteiger partial charge is 0.233 e. The third-order valence-corrected chi connectivity index (χ3v) is 4.26. The number of piperidine rings is 1. The summed E-state index contributed by atoms with van der Waals surface area (Å²) in [7, 11) is 0. The van der Waals surface area contributed by atoms with Gasteiger partial charge >= 0.3 is 0 Å². The van der Waals surface area contributed by atoms with Gasteiger partial charge in [-0.05, 0) is 32.2 Å². The molecule has 0 aliphatic carbocycles. The molecule has 2 heterocycles. The lowest BCUT2D eigenvalue weighted by Crippen LogP contribution is -2.46. The van der Waals surface area contributed by atoms with Crippen molar-refractivity contribution >= 4 is 34.8 Å². The number of halogens is 1. The van der Waals surface area contributed by atoms with Gasteiger partial charge in [-0.25, -0.2) is 4.98 Å². The van der Waals surface area contributed by atoms with E-state index in [1.54, 1.807) is 0 Å². The molecule has 1 unspecified atom stereocenters. The highest BCUT2D eigenvalue weighted by atomic mass is 35.5. The van der Waals surface area contributed by atoms with E-state index in [0.29, 0.717) is 5.92 Å². The fourth-order valence-electron chi connectivity index (χ4n) is 2.11. The third kappa shape index (κ3) is 3.91. The Morgan fingerprint density at radius 3 is 2.84 bits per heavy atom. The Hall–Kier alpha value is -0.650. The second kappa shape index (κ2) is 6.68. The topological polar surface area (TPSA) is 54.0 Å². The van der Waals surface area contributed by atoms with E-state index in [0.717, 1.165) is 36.8 Å². The van der Waals surface area contributed by atoms with Crippen LogP contribution in [0, 0.1) is 5.41 Å². The second-order valence-corrected chi connectivity index (χ2v) is 6.39. The molecule has 0 saturated carbocycles. The molecule has 1 amide bonds. The number of hydrogen-bond donors (Lipinski definition) is 2. The molecule has 1 atom stereocenters. The maximum Gasteiger partial charge on any atom is 0.233 e. The van der Waals surface area contributed by atoms with Crippen molar-refractivity contribution in [3.63, 3.8) is 0 Å². The van der Waals surface area contributed by atoms with E-state index in [1.807, 2.05) is 12.3 Å². The SMILES string of the molecule is CC(C)c1csc(NC(=O)C2(C)CCCNC2)n1.Cl. The van der Waals surface area contributed by atoms with Crippen LogP contribution in [0.25, 0.3) is 0 Å². The van der Waals surface area contributed by atoms with Gasteiger partial charge in [-0.2, -0.15) is 0 Å². The lowest BCUT2D eigenvalue weighted by molar-refractivity contribution is -0.125. The van der Waals surface area contributed by atoms with Crippen molar-refractivity contribution in [1.29, 1.82) is 0 Å². The Morgan fingerprint density at radius 1 is 1.58 bits per heavy atom. The number of rotatable bonds is 3. The highest BCUT2D eigenvalue weighted by Crippen LogP contribution is 2.28. The summed E-state index contributed by atoms with van der Waals surface area (Å²) in [5.74, 6) is 0.484. The van der Waals surface area contributed by atoms with Crippen molar-refractivity contribution in [3.8, 4) is 0 Å². The molecular formula is C13H22ClN3OS. The number of anilines is 1. The predicted octanol–water partition coefficient (Wildman–Crippen LogP) is 3.02. The molecule has 108 valence electrons. The molecule has 4 nitrogen and oxygen atoms in total. The van der Waals surface area contributed by atoms with E-state index in [1.165, 1.54) is 11.3 Å². The Kier molecular flexibility index (Phi) is 5.77. The van der Waals surface area contributed by atoms with Gasteiger partial charge in [0.1, 0.15) is 0 Å². The van der Waals surface area contributed by atoms with E-state index in [2.05, 4.69) is 29.5 Å². The summed E-state index contributed by atoms with van der Waals surface area (Å²) in [5, 5.41) is 8.98. The first-order chi connectivity index (χ1) is 8.51. The van der Waals surface area contributed by atoms with Crippen LogP contribution in [0.4, 0.5) is 5.13 Å². The van der Waals surface area contributed by atoms with Crippen LogP contribution in [0.3, 0.4) is 0 Å². The number of thiazole rings is 1. The van der Waals surface area contributed by atoms with Crippen molar-refractivity contribution in [1.82, 2.24) is 10.3 Å². The fourth-order valence-corrected chi connectivity index (χ4v) is 2.97. The minimum Gasteiger partial charge on any atom is -0.316 e. The second-order valence-electron chi connectivity index (χ2n) is 5.53. The standard InChI is InChI=1S/C13H21N3OS.ClH/c1-9(2)10-7-18-12(15-10)16-11(17)13(3)5-4-6-14-8-13;/h7,9,14H,4-6,8H2,1-3H3,(H,15,16,17);1H. The van der Waals surface area contributed by atoms with E-state index < -0.39 is 0 Å². The van der Waals surface area contributed by atoms with Crippen molar-refractivity contribution in [3.05, 3.63) is 11.1 Å². The monoisotopic (exact) mass is 303 g/mol. The Morgan fingerprint density at radius 2 is 2.32 bits per heavy atom. The van der Waals surface area contributed by atoms with Crippen LogP contribution in [0.5, 0.6) is 0 Å². The Bertz CT molecular complexity index is 427. The summed E-state index contributed by atoms with van der Waals surface area (Å²) in [6.07, 6.45) is 1.99. The number of nitrogens with one attached hydrogen (secondary N) is 2. The summed E-state index contributed by atoms with van der Waals surface area (Å²) in [5.41, 5.74) is 0.740. The predicted molar refractivity (Wildman–Crippen MR) is 82.3 cm³/mol. The molecule has 6 heteroatoms. The average Bonchev–Trinajstić information content (AvgIpc) is 2.78. The van der Waals surface area contributed by atoms with Gasteiger partial charge in [0.2, 0.25) is 5.91 Å². The Balaban J connectivity index is 0.00000180. The lowest BCUT2D eigenvalue weighted by Gasteiger charge is -2.32. The largest absolute Gasteiger partial charge is 0.316 e. The molecule has 1 aliphatic heterocycles. The number of carbonyl (C=O) groups excluding carboxylic acids is 1. The first-order valence-corrected chi connectivity index (χ1v) is 7.37. The summed E-state index contributed by atoms with van der Waals surface area (Å²) in [6.45, 7) is 7.99. The van der Waals surface area contributed by atoms with Gasteiger partial charge in [0, 0.05) is 11.9 Å². The van der Waals surface area contributed by atoms with Gasteiger partial charge in [0.25, 0.3) is 0 Å². The van der Waals surface area contributed by atoms with E-state index in [4.69, 9.17) is 0 Å². The highest BCUT2D eigenvalue weighted by Gasteiger charge is 2.34. The number of carbonyl (C=O) groups is 1. The lowest BCUT2D eigenvalue weighted by atomic mass is 9.82. The van der Waals surface area contributed by atoms with Gasteiger partial charge in [-0.3, -0.25) is 4.79 Å². The zero-order valence-corrected chi connectivity index (χ0v) is 13.3. The first-order valence-electron chi connectivity index (χ1n) is 6.49. The fraction of sp³-hybridized carbons (Fsp3) is 0.692.